The monoisotopic (exact) mass is 549 g/mol. The number of ether oxygens (including phenoxy) is 3. The number of amides is 1. The normalized spacial score (nSPS) is 17.9. The van der Waals surface area contributed by atoms with Crippen molar-refractivity contribution in [3.05, 3.63) is 72.0 Å². The van der Waals surface area contributed by atoms with E-state index in [9.17, 15) is 9.18 Å². The van der Waals surface area contributed by atoms with Crippen LogP contribution in [0.5, 0.6) is 11.5 Å². The van der Waals surface area contributed by atoms with Gasteiger partial charge in [0.2, 0.25) is 5.91 Å². The Kier molecular flexibility index (Phi) is 9.56. The first-order valence-corrected chi connectivity index (χ1v) is 13.9. The molecule has 3 atom stereocenters. The van der Waals surface area contributed by atoms with Crippen molar-refractivity contribution in [2.75, 3.05) is 11.9 Å². The molecule has 214 valence electrons. The maximum atomic E-state index is 13.2. The van der Waals surface area contributed by atoms with Crippen LogP contribution in [0.15, 0.2) is 60.7 Å². The number of nitrogens with two attached hydrogens (primary N) is 1. The Hall–Kier alpha value is -3.33. The molecule has 0 saturated carbocycles. The second kappa shape index (κ2) is 12.9. The summed E-state index contributed by atoms with van der Waals surface area (Å²) in [6.45, 7) is 10.7. The molecule has 1 aromatic heterocycles. The maximum Gasteiger partial charge on any atom is 0.242 e. The molecule has 3 aromatic rings. The summed E-state index contributed by atoms with van der Waals surface area (Å²) < 4.78 is 30.9. The number of carbonyl (C=O) groups is 1. The van der Waals surface area contributed by atoms with E-state index in [2.05, 4.69) is 26.1 Å². The van der Waals surface area contributed by atoms with Gasteiger partial charge in [0.05, 0.1) is 18.3 Å². The summed E-state index contributed by atoms with van der Waals surface area (Å²) in [5.74, 6) is 1.22. The quantitative estimate of drug-likeness (QED) is 0.262. The number of hydrogen-bond donors (Lipinski definition) is 2. The topological polar surface area (TPSA) is 95.7 Å². The lowest BCUT2D eigenvalue weighted by Crippen LogP contribution is -2.37. The number of benzene rings is 2. The third kappa shape index (κ3) is 8.34. The van der Waals surface area contributed by atoms with Crippen molar-refractivity contribution >= 4 is 11.7 Å². The van der Waals surface area contributed by atoms with Crippen LogP contribution in [-0.4, -0.2) is 29.3 Å². The molecular weight excluding hydrogens is 509 g/mol. The van der Waals surface area contributed by atoms with Crippen molar-refractivity contribution in [1.82, 2.24) is 4.98 Å². The van der Waals surface area contributed by atoms with E-state index in [1.165, 1.54) is 12.1 Å². The molecule has 3 unspecified atom stereocenters. The molecule has 8 heteroatoms. The van der Waals surface area contributed by atoms with E-state index in [-0.39, 0.29) is 17.8 Å². The van der Waals surface area contributed by atoms with Gasteiger partial charge in [0.15, 0.2) is 5.79 Å². The largest absolute Gasteiger partial charge is 0.457 e. The molecule has 0 aliphatic carbocycles. The molecule has 2 heterocycles. The molecule has 0 spiro atoms. The number of nitrogens with zero attached hydrogens (tertiary/aromatic N) is 1. The SMILES string of the molecule is CC(C)CCC(C)CC(N)C(=O)Nc1cc(C2COC(C)(C)O2)cc(-c2ccc(Oc3ccc(F)cc3)cc2)n1. The Morgan fingerprint density at radius 2 is 1.73 bits per heavy atom. The van der Waals surface area contributed by atoms with Crippen molar-refractivity contribution in [3.63, 3.8) is 0 Å². The van der Waals surface area contributed by atoms with Crippen molar-refractivity contribution < 1.29 is 23.4 Å². The first-order chi connectivity index (χ1) is 19.0. The molecule has 1 aliphatic rings. The lowest BCUT2D eigenvalue weighted by Gasteiger charge is -2.20. The third-order valence-corrected chi connectivity index (χ3v) is 6.91. The van der Waals surface area contributed by atoms with Crippen molar-refractivity contribution in [3.8, 4) is 22.8 Å². The molecule has 40 heavy (non-hydrogen) atoms. The van der Waals surface area contributed by atoms with E-state index < -0.39 is 11.8 Å². The first kappa shape index (κ1) is 29.6. The van der Waals surface area contributed by atoms with Gasteiger partial charge in [0.1, 0.15) is 29.2 Å². The molecule has 1 fully saturated rings. The van der Waals surface area contributed by atoms with Crippen LogP contribution < -0.4 is 15.8 Å². The van der Waals surface area contributed by atoms with Crippen LogP contribution in [-0.2, 0) is 14.3 Å². The van der Waals surface area contributed by atoms with E-state index in [0.29, 0.717) is 47.9 Å². The van der Waals surface area contributed by atoms with E-state index >= 15 is 0 Å². The van der Waals surface area contributed by atoms with E-state index in [1.807, 2.05) is 50.2 Å². The molecular formula is C32H40FN3O4. The Labute approximate surface area is 236 Å². The standard InChI is InChI=1S/C32H40FN3O4/c1-20(2)6-7-21(3)16-27(34)31(37)36-30-18-23(29-19-38-32(4,5)40-29)17-28(35-30)22-8-12-25(13-9-22)39-26-14-10-24(33)11-15-26/h8-15,17-18,20-21,27,29H,6-7,16,19,34H2,1-5H3,(H,35,36,37). The highest BCUT2D eigenvalue weighted by Gasteiger charge is 2.34. The summed E-state index contributed by atoms with van der Waals surface area (Å²) in [7, 11) is 0. The van der Waals surface area contributed by atoms with Crippen LogP contribution >= 0.6 is 0 Å². The minimum atomic E-state index is -0.703. The molecule has 1 amide bonds. The summed E-state index contributed by atoms with van der Waals surface area (Å²) in [4.78, 5) is 17.8. The van der Waals surface area contributed by atoms with Gasteiger partial charge in [-0.25, -0.2) is 9.37 Å². The summed E-state index contributed by atoms with van der Waals surface area (Å²) in [6, 6.07) is 16.4. The zero-order chi connectivity index (χ0) is 28.9. The molecule has 3 N–H and O–H groups in total. The summed E-state index contributed by atoms with van der Waals surface area (Å²) in [5.41, 5.74) is 8.62. The molecule has 0 radical (unpaired) electrons. The van der Waals surface area contributed by atoms with Crippen LogP contribution in [0.4, 0.5) is 10.2 Å². The van der Waals surface area contributed by atoms with E-state index in [1.54, 1.807) is 12.1 Å². The minimum Gasteiger partial charge on any atom is -0.457 e. The zero-order valence-electron chi connectivity index (χ0n) is 23.9. The Bertz CT molecular complexity index is 1280. The molecule has 7 nitrogen and oxygen atoms in total. The highest BCUT2D eigenvalue weighted by atomic mass is 19.1. The summed E-state index contributed by atoms with van der Waals surface area (Å²) in [5, 5.41) is 2.93. The lowest BCUT2D eigenvalue weighted by atomic mass is 9.93. The van der Waals surface area contributed by atoms with Crippen molar-refractivity contribution in [2.24, 2.45) is 17.6 Å². The molecule has 1 aliphatic heterocycles. The van der Waals surface area contributed by atoms with Gasteiger partial charge in [0, 0.05) is 5.56 Å². The second-order valence-corrected chi connectivity index (χ2v) is 11.5. The average Bonchev–Trinajstić information content (AvgIpc) is 3.28. The number of rotatable bonds is 11. The van der Waals surface area contributed by atoms with Gasteiger partial charge in [-0.2, -0.15) is 0 Å². The predicted octanol–water partition coefficient (Wildman–Crippen LogP) is 7.23. The van der Waals surface area contributed by atoms with Crippen LogP contribution in [0.2, 0.25) is 0 Å². The lowest BCUT2D eigenvalue weighted by molar-refractivity contribution is -0.139. The molecule has 1 saturated heterocycles. The first-order valence-electron chi connectivity index (χ1n) is 13.9. The Morgan fingerprint density at radius 3 is 2.33 bits per heavy atom. The van der Waals surface area contributed by atoms with Crippen molar-refractivity contribution in [1.29, 1.82) is 0 Å². The number of carbonyl (C=O) groups excluding carboxylic acids is 1. The molecule has 4 rings (SSSR count). The van der Waals surface area contributed by atoms with Gasteiger partial charge in [0.25, 0.3) is 0 Å². The number of hydrogen-bond acceptors (Lipinski definition) is 6. The highest BCUT2D eigenvalue weighted by molar-refractivity contribution is 5.94. The van der Waals surface area contributed by atoms with E-state index in [0.717, 1.165) is 24.0 Å². The van der Waals surface area contributed by atoms with Gasteiger partial charge >= 0.3 is 0 Å². The highest BCUT2D eigenvalue weighted by Crippen LogP contribution is 2.35. The third-order valence-electron chi connectivity index (χ3n) is 6.91. The average molecular weight is 550 g/mol. The van der Waals surface area contributed by atoms with E-state index in [4.69, 9.17) is 24.9 Å². The fourth-order valence-corrected chi connectivity index (χ4v) is 4.63. The molecule has 0 bridgehead atoms. The molecule has 2 aromatic carbocycles. The van der Waals surface area contributed by atoms with Crippen LogP contribution in [0, 0.1) is 17.7 Å². The summed E-state index contributed by atoms with van der Waals surface area (Å²) >= 11 is 0. The van der Waals surface area contributed by atoms with Gasteiger partial charge in [-0.05, 0) is 98.3 Å². The minimum absolute atomic E-state index is 0.265. The van der Waals surface area contributed by atoms with Gasteiger partial charge < -0.3 is 25.3 Å². The Balaban J connectivity index is 1.53. The van der Waals surface area contributed by atoms with Crippen molar-refractivity contribution in [2.45, 2.75) is 71.8 Å². The number of anilines is 1. The predicted molar refractivity (Wildman–Crippen MR) is 154 cm³/mol. The van der Waals surface area contributed by atoms with Gasteiger partial charge in [-0.15, -0.1) is 0 Å². The Morgan fingerprint density at radius 1 is 1.07 bits per heavy atom. The number of nitrogens with one attached hydrogen (secondary N) is 1. The second-order valence-electron chi connectivity index (χ2n) is 11.5. The smallest absolute Gasteiger partial charge is 0.242 e. The van der Waals surface area contributed by atoms with Crippen LogP contribution in [0.3, 0.4) is 0 Å². The van der Waals surface area contributed by atoms with Crippen LogP contribution in [0.25, 0.3) is 11.3 Å². The number of pyridine rings is 1. The van der Waals surface area contributed by atoms with Gasteiger partial charge in [-0.3, -0.25) is 4.79 Å². The van der Waals surface area contributed by atoms with Gasteiger partial charge in [-0.1, -0.05) is 33.6 Å². The maximum absolute atomic E-state index is 13.2. The summed E-state index contributed by atoms with van der Waals surface area (Å²) in [6.07, 6.45) is 2.44. The fourth-order valence-electron chi connectivity index (χ4n) is 4.63. The fraction of sp³-hybridized carbons (Fsp3) is 0.438. The number of halogens is 1. The van der Waals surface area contributed by atoms with Crippen LogP contribution in [0.1, 0.15) is 65.5 Å². The zero-order valence-corrected chi connectivity index (χ0v) is 23.9. The number of aromatic nitrogens is 1.